The summed E-state index contributed by atoms with van der Waals surface area (Å²) in [5.41, 5.74) is 1.50. The van der Waals surface area contributed by atoms with Gasteiger partial charge in [-0.15, -0.1) is 5.10 Å². The van der Waals surface area contributed by atoms with Crippen LogP contribution in [-0.4, -0.2) is 40.7 Å². The molecule has 1 aliphatic rings. The molecule has 4 rings (SSSR count). The molecule has 3 heterocycles. The van der Waals surface area contributed by atoms with E-state index in [1.165, 1.54) is 21.9 Å². The summed E-state index contributed by atoms with van der Waals surface area (Å²) in [5.74, 6) is 0.688. The van der Waals surface area contributed by atoms with Crippen LogP contribution in [0, 0.1) is 12.8 Å². The van der Waals surface area contributed by atoms with Gasteiger partial charge in [0.25, 0.3) is 5.56 Å². The van der Waals surface area contributed by atoms with Crippen molar-refractivity contribution in [2.45, 2.75) is 26.3 Å². The van der Waals surface area contributed by atoms with Crippen LogP contribution in [0.4, 0.5) is 5.13 Å². The fraction of sp³-hybridized carbons (Fsp3) is 0.400. The first-order chi connectivity index (χ1) is 14.0. The van der Waals surface area contributed by atoms with Crippen LogP contribution in [0.3, 0.4) is 0 Å². The summed E-state index contributed by atoms with van der Waals surface area (Å²) < 4.78 is 6.56. The highest BCUT2D eigenvalue weighted by molar-refractivity contribution is 7.20. The van der Waals surface area contributed by atoms with E-state index >= 15 is 0 Å². The van der Waals surface area contributed by atoms with E-state index < -0.39 is 0 Å². The molecule has 0 radical (unpaired) electrons. The lowest BCUT2D eigenvalue weighted by molar-refractivity contribution is -0.125. The van der Waals surface area contributed by atoms with E-state index in [-0.39, 0.29) is 17.4 Å². The third kappa shape index (κ3) is 4.24. The number of benzene rings is 1. The van der Waals surface area contributed by atoms with Crippen LogP contribution in [0.25, 0.3) is 4.96 Å². The zero-order valence-electron chi connectivity index (χ0n) is 16.4. The minimum Gasteiger partial charge on any atom is -0.497 e. The van der Waals surface area contributed by atoms with E-state index in [2.05, 4.69) is 20.3 Å². The fourth-order valence-electron chi connectivity index (χ4n) is 3.52. The number of nitrogens with zero attached hydrogens (tertiary/aromatic N) is 4. The highest BCUT2D eigenvalue weighted by atomic mass is 32.1. The lowest BCUT2D eigenvalue weighted by Gasteiger charge is -2.31. The Balaban J connectivity index is 1.43. The molecule has 0 unspecified atom stereocenters. The molecule has 0 aliphatic carbocycles. The van der Waals surface area contributed by atoms with Gasteiger partial charge in [0, 0.05) is 31.4 Å². The SMILES string of the molecule is COc1cccc(CNC(=O)[C@H]2CCCN(c3nn4c(=O)cc(C)nc4s3)C2)c1. The van der Waals surface area contributed by atoms with E-state index in [1.54, 1.807) is 14.0 Å². The number of carbonyl (C=O) groups excluding carboxylic acids is 1. The Bertz CT molecular complexity index is 1090. The molecule has 0 saturated carbocycles. The number of carbonyl (C=O) groups is 1. The van der Waals surface area contributed by atoms with Gasteiger partial charge in [0.1, 0.15) is 5.75 Å². The number of fused-ring (bicyclic) bond motifs is 1. The average Bonchev–Trinajstić information content (AvgIpc) is 3.17. The Morgan fingerprint density at radius 2 is 2.24 bits per heavy atom. The molecule has 1 atom stereocenters. The molecule has 1 aliphatic heterocycles. The maximum atomic E-state index is 12.7. The molecule has 1 amide bonds. The maximum absolute atomic E-state index is 12.7. The van der Waals surface area contributed by atoms with Crippen molar-refractivity contribution in [3.63, 3.8) is 0 Å². The van der Waals surface area contributed by atoms with Crippen LogP contribution >= 0.6 is 11.3 Å². The first kappa shape index (κ1) is 19.4. The van der Waals surface area contributed by atoms with Crippen LogP contribution < -0.4 is 20.5 Å². The number of hydrogen-bond acceptors (Lipinski definition) is 7. The zero-order valence-corrected chi connectivity index (χ0v) is 17.2. The number of aromatic nitrogens is 3. The summed E-state index contributed by atoms with van der Waals surface area (Å²) in [5, 5.41) is 8.18. The molecule has 152 valence electrons. The third-order valence-electron chi connectivity index (χ3n) is 5.03. The highest BCUT2D eigenvalue weighted by Crippen LogP contribution is 2.27. The van der Waals surface area contributed by atoms with Gasteiger partial charge >= 0.3 is 0 Å². The van der Waals surface area contributed by atoms with Gasteiger partial charge in [0.15, 0.2) is 0 Å². The van der Waals surface area contributed by atoms with Crippen molar-refractivity contribution in [3.8, 4) is 5.75 Å². The molecule has 1 N–H and O–H groups in total. The highest BCUT2D eigenvalue weighted by Gasteiger charge is 2.27. The van der Waals surface area contributed by atoms with Crippen LogP contribution in [0.15, 0.2) is 35.1 Å². The quantitative estimate of drug-likeness (QED) is 0.688. The number of amides is 1. The maximum Gasteiger partial charge on any atom is 0.275 e. The summed E-state index contributed by atoms with van der Waals surface area (Å²) in [6.07, 6.45) is 1.73. The molecule has 0 bridgehead atoms. The third-order valence-corrected chi connectivity index (χ3v) is 6.00. The van der Waals surface area contributed by atoms with Crippen LogP contribution in [-0.2, 0) is 11.3 Å². The molecule has 1 aromatic carbocycles. The molecule has 2 aromatic heterocycles. The molecule has 1 saturated heterocycles. The number of rotatable bonds is 5. The van der Waals surface area contributed by atoms with Gasteiger partial charge in [-0.2, -0.15) is 4.52 Å². The number of anilines is 1. The number of hydrogen-bond donors (Lipinski definition) is 1. The first-order valence-corrected chi connectivity index (χ1v) is 10.4. The van der Waals surface area contributed by atoms with Crippen molar-refractivity contribution in [2.24, 2.45) is 5.92 Å². The van der Waals surface area contributed by atoms with Crippen molar-refractivity contribution in [2.75, 3.05) is 25.1 Å². The van der Waals surface area contributed by atoms with Gasteiger partial charge in [-0.25, -0.2) is 4.98 Å². The minimum atomic E-state index is -0.181. The van der Waals surface area contributed by atoms with E-state index in [0.29, 0.717) is 23.7 Å². The smallest absolute Gasteiger partial charge is 0.275 e. The molecule has 0 spiro atoms. The van der Waals surface area contributed by atoms with Crippen molar-refractivity contribution >= 4 is 27.3 Å². The summed E-state index contributed by atoms with van der Waals surface area (Å²) in [4.78, 5) is 31.9. The Kier molecular flexibility index (Phi) is 5.48. The molecular formula is C20H23N5O3S. The van der Waals surface area contributed by atoms with Crippen molar-refractivity contribution in [1.82, 2.24) is 19.9 Å². The monoisotopic (exact) mass is 413 g/mol. The topological polar surface area (TPSA) is 88.8 Å². The number of nitrogens with one attached hydrogen (secondary N) is 1. The summed E-state index contributed by atoms with van der Waals surface area (Å²) in [6, 6.07) is 9.14. The van der Waals surface area contributed by atoms with Crippen LogP contribution in [0.2, 0.25) is 0 Å². The predicted molar refractivity (Wildman–Crippen MR) is 112 cm³/mol. The Labute approximate surface area is 172 Å². The first-order valence-electron chi connectivity index (χ1n) is 9.56. The van der Waals surface area contributed by atoms with Crippen LogP contribution in [0.1, 0.15) is 24.1 Å². The fourth-order valence-corrected chi connectivity index (χ4v) is 4.51. The van der Waals surface area contributed by atoms with Gasteiger partial charge < -0.3 is 15.0 Å². The zero-order chi connectivity index (χ0) is 20.4. The molecule has 29 heavy (non-hydrogen) atoms. The molecule has 3 aromatic rings. The van der Waals surface area contributed by atoms with E-state index in [4.69, 9.17) is 4.74 Å². The Morgan fingerprint density at radius 3 is 3.07 bits per heavy atom. The molecule has 1 fully saturated rings. The number of piperidine rings is 1. The van der Waals surface area contributed by atoms with E-state index in [9.17, 15) is 9.59 Å². The summed E-state index contributed by atoms with van der Waals surface area (Å²) in [6.45, 7) is 3.65. The normalized spacial score (nSPS) is 16.8. The van der Waals surface area contributed by atoms with E-state index in [0.717, 1.165) is 35.8 Å². The standard InChI is InChI=1S/C20H23N5O3S/c1-13-9-17(26)25-19(22-13)29-20(23-25)24-8-4-6-15(12-24)18(27)21-11-14-5-3-7-16(10-14)28-2/h3,5,7,9-10,15H,4,6,8,11-12H2,1-2H3,(H,21,27)/t15-/m0/s1. The second-order valence-electron chi connectivity index (χ2n) is 7.17. The Hall–Kier alpha value is -2.94. The van der Waals surface area contributed by atoms with Gasteiger partial charge in [0.05, 0.1) is 13.0 Å². The van der Waals surface area contributed by atoms with Crippen molar-refractivity contribution < 1.29 is 9.53 Å². The second-order valence-corrected chi connectivity index (χ2v) is 8.10. The van der Waals surface area contributed by atoms with Gasteiger partial charge in [0.2, 0.25) is 16.0 Å². The predicted octanol–water partition coefficient (Wildman–Crippen LogP) is 2.00. The largest absolute Gasteiger partial charge is 0.497 e. The van der Waals surface area contributed by atoms with Crippen LogP contribution in [0.5, 0.6) is 5.75 Å². The number of ether oxygens (including phenoxy) is 1. The van der Waals surface area contributed by atoms with Crippen molar-refractivity contribution in [1.29, 1.82) is 0 Å². The lowest BCUT2D eigenvalue weighted by Crippen LogP contribution is -2.43. The minimum absolute atomic E-state index is 0.0322. The summed E-state index contributed by atoms with van der Waals surface area (Å²) >= 11 is 1.38. The van der Waals surface area contributed by atoms with E-state index in [1.807, 2.05) is 24.3 Å². The lowest BCUT2D eigenvalue weighted by atomic mass is 9.97. The number of methoxy groups -OCH3 is 1. The Morgan fingerprint density at radius 1 is 1.38 bits per heavy atom. The summed E-state index contributed by atoms with van der Waals surface area (Å²) in [7, 11) is 1.63. The van der Waals surface area contributed by atoms with Crippen molar-refractivity contribution in [3.05, 3.63) is 51.9 Å². The van der Waals surface area contributed by atoms with Gasteiger partial charge in [-0.05, 0) is 37.5 Å². The van der Waals surface area contributed by atoms with Gasteiger partial charge in [-0.1, -0.05) is 23.5 Å². The molecular weight excluding hydrogens is 390 g/mol. The van der Waals surface area contributed by atoms with Gasteiger partial charge in [-0.3, -0.25) is 9.59 Å². The second kappa shape index (κ2) is 8.20. The molecule has 9 heteroatoms. The number of aryl methyl sites for hydroxylation is 1. The molecule has 8 nitrogen and oxygen atoms in total. The average molecular weight is 414 g/mol.